The van der Waals surface area contributed by atoms with Crippen LogP contribution in [0.15, 0.2) is 0 Å². The summed E-state index contributed by atoms with van der Waals surface area (Å²) in [5, 5.41) is 15.8. The third-order valence-electron chi connectivity index (χ3n) is 2.61. The maximum Gasteiger partial charge on any atom is 0.167 e. The molecule has 0 amide bonds. The minimum Gasteiger partial charge on any atom is -0.308 e. The van der Waals surface area contributed by atoms with Crippen molar-refractivity contribution in [2.45, 2.75) is 45.0 Å². The minimum absolute atomic E-state index is 0.213. The normalized spacial score (nSPS) is 15.0. The van der Waals surface area contributed by atoms with Gasteiger partial charge in [0.2, 0.25) is 0 Å². The monoisotopic (exact) mass is 243 g/mol. The van der Waals surface area contributed by atoms with Crippen molar-refractivity contribution >= 4 is 11.8 Å². The first-order valence-corrected chi connectivity index (χ1v) is 7.00. The summed E-state index contributed by atoms with van der Waals surface area (Å²) in [5.74, 6) is 0.926. The van der Waals surface area contributed by atoms with Gasteiger partial charge in [0.25, 0.3) is 0 Å². The Kier molecular flexibility index (Phi) is 5.76. The van der Waals surface area contributed by atoms with E-state index in [1.807, 2.05) is 16.4 Å². The summed E-state index contributed by atoms with van der Waals surface area (Å²) in [5.41, 5.74) is 0. The molecule has 0 aromatic carbocycles. The van der Waals surface area contributed by atoms with Gasteiger partial charge in [-0.3, -0.25) is 0 Å². The summed E-state index contributed by atoms with van der Waals surface area (Å²) in [4.78, 5) is 0. The van der Waals surface area contributed by atoms with E-state index in [9.17, 15) is 0 Å². The van der Waals surface area contributed by atoms with Crippen molar-refractivity contribution in [1.29, 1.82) is 0 Å². The fourth-order valence-corrected chi connectivity index (χ4v) is 1.84. The Labute approximate surface area is 101 Å². The van der Waals surface area contributed by atoms with E-state index < -0.39 is 0 Å². The summed E-state index contributed by atoms with van der Waals surface area (Å²) in [6.07, 6.45) is 3.23. The van der Waals surface area contributed by atoms with E-state index in [2.05, 4.69) is 47.9 Å². The van der Waals surface area contributed by atoms with Crippen molar-refractivity contribution in [1.82, 2.24) is 25.5 Å². The number of tetrazole rings is 1. The van der Waals surface area contributed by atoms with E-state index in [1.165, 1.54) is 0 Å². The molecule has 1 heterocycles. The van der Waals surface area contributed by atoms with E-state index in [0.717, 1.165) is 25.3 Å². The molecule has 0 fully saturated rings. The highest BCUT2D eigenvalue weighted by Gasteiger charge is 2.13. The molecule has 92 valence electrons. The largest absolute Gasteiger partial charge is 0.308 e. The Morgan fingerprint density at radius 2 is 2.19 bits per heavy atom. The zero-order valence-electron chi connectivity index (χ0n) is 10.5. The average molecular weight is 243 g/mol. The van der Waals surface area contributed by atoms with Crippen molar-refractivity contribution in [2.24, 2.45) is 0 Å². The van der Waals surface area contributed by atoms with Gasteiger partial charge in [-0.15, -0.1) is 5.10 Å². The van der Waals surface area contributed by atoms with Gasteiger partial charge in [-0.05, 0) is 36.6 Å². The molecular weight excluding hydrogens is 222 g/mol. The molecule has 1 N–H and O–H groups in total. The highest BCUT2D eigenvalue weighted by atomic mass is 32.2. The smallest absolute Gasteiger partial charge is 0.167 e. The second kappa shape index (κ2) is 6.85. The molecule has 0 spiro atoms. The molecule has 6 heteroatoms. The predicted molar refractivity (Wildman–Crippen MR) is 67.5 cm³/mol. The van der Waals surface area contributed by atoms with Gasteiger partial charge in [-0.1, -0.05) is 13.8 Å². The Bertz CT molecular complexity index is 301. The molecule has 0 aliphatic heterocycles. The second-order valence-corrected chi connectivity index (χ2v) is 5.15. The number of aryl methyl sites for hydroxylation is 1. The molecule has 16 heavy (non-hydrogen) atoms. The Morgan fingerprint density at radius 3 is 2.81 bits per heavy atom. The molecule has 2 unspecified atom stereocenters. The van der Waals surface area contributed by atoms with Crippen molar-refractivity contribution in [2.75, 3.05) is 12.8 Å². The van der Waals surface area contributed by atoms with Crippen LogP contribution in [0.2, 0.25) is 0 Å². The lowest BCUT2D eigenvalue weighted by atomic mass is 10.3. The number of rotatable bonds is 7. The number of hydrogen-bond donors (Lipinski definition) is 1. The fourth-order valence-electron chi connectivity index (χ4n) is 1.50. The van der Waals surface area contributed by atoms with Gasteiger partial charge < -0.3 is 5.32 Å². The maximum absolute atomic E-state index is 4.07. The summed E-state index contributed by atoms with van der Waals surface area (Å²) < 4.78 is 1.90. The molecule has 0 saturated carbocycles. The molecule has 1 rings (SSSR count). The van der Waals surface area contributed by atoms with Crippen LogP contribution < -0.4 is 5.32 Å². The number of aromatic nitrogens is 4. The van der Waals surface area contributed by atoms with Crippen LogP contribution in [0.1, 0.15) is 39.1 Å². The lowest BCUT2D eigenvalue weighted by Crippen LogP contribution is -2.22. The molecule has 0 radical (unpaired) electrons. The summed E-state index contributed by atoms with van der Waals surface area (Å²) in [7, 11) is 0. The van der Waals surface area contributed by atoms with Crippen molar-refractivity contribution in [3.05, 3.63) is 5.82 Å². The number of nitrogens with one attached hydrogen (secondary N) is 1. The van der Waals surface area contributed by atoms with Crippen molar-refractivity contribution in [3.63, 3.8) is 0 Å². The molecule has 1 aromatic heterocycles. The van der Waals surface area contributed by atoms with E-state index >= 15 is 0 Å². The molecule has 0 bridgehead atoms. The second-order valence-electron chi connectivity index (χ2n) is 3.87. The van der Waals surface area contributed by atoms with Gasteiger partial charge in [-0.2, -0.15) is 11.8 Å². The molecule has 0 saturated heterocycles. The Morgan fingerprint density at radius 1 is 1.44 bits per heavy atom. The molecule has 1 aromatic rings. The van der Waals surface area contributed by atoms with Gasteiger partial charge >= 0.3 is 0 Å². The summed E-state index contributed by atoms with van der Waals surface area (Å²) in [6, 6.07) is 0.213. The first kappa shape index (κ1) is 13.4. The molecule has 0 aliphatic rings. The molecule has 0 aliphatic carbocycles. The molecule has 2 atom stereocenters. The van der Waals surface area contributed by atoms with E-state index in [1.54, 1.807) is 0 Å². The average Bonchev–Trinajstić information content (AvgIpc) is 2.74. The quantitative estimate of drug-likeness (QED) is 0.786. The van der Waals surface area contributed by atoms with E-state index in [4.69, 9.17) is 0 Å². The van der Waals surface area contributed by atoms with Crippen LogP contribution in [0.4, 0.5) is 0 Å². The van der Waals surface area contributed by atoms with E-state index in [0.29, 0.717) is 5.25 Å². The van der Waals surface area contributed by atoms with Gasteiger partial charge in [0.1, 0.15) is 0 Å². The van der Waals surface area contributed by atoms with Crippen LogP contribution in [0, 0.1) is 0 Å². The van der Waals surface area contributed by atoms with Crippen LogP contribution in [-0.4, -0.2) is 38.3 Å². The third-order valence-corrected chi connectivity index (χ3v) is 3.65. The number of hydrogen-bond acceptors (Lipinski definition) is 5. The standard InChI is InChI=1S/C10H21N5S/c1-5-11-9(3)10-12-13-14-15(10)7-6-8(2)16-4/h8-9,11H,5-7H2,1-4H3. The van der Waals surface area contributed by atoms with Crippen LogP contribution >= 0.6 is 11.8 Å². The Hall–Kier alpha value is -0.620. The number of thioether (sulfide) groups is 1. The van der Waals surface area contributed by atoms with Gasteiger partial charge in [0, 0.05) is 11.8 Å². The van der Waals surface area contributed by atoms with E-state index in [-0.39, 0.29) is 6.04 Å². The van der Waals surface area contributed by atoms with Gasteiger partial charge in [-0.25, -0.2) is 4.68 Å². The third kappa shape index (κ3) is 3.75. The molecule has 5 nitrogen and oxygen atoms in total. The summed E-state index contributed by atoms with van der Waals surface area (Å²) >= 11 is 1.87. The lowest BCUT2D eigenvalue weighted by Gasteiger charge is -2.13. The number of nitrogens with zero attached hydrogens (tertiary/aromatic N) is 4. The first-order valence-electron chi connectivity index (χ1n) is 5.71. The fraction of sp³-hybridized carbons (Fsp3) is 0.900. The maximum atomic E-state index is 4.07. The zero-order valence-corrected chi connectivity index (χ0v) is 11.3. The van der Waals surface area contributed by atoms with Gasteiger partial charge in [0.15, 0.2) is 5.82 Å². The van der Waals surface area contributed by atoms with Crippen molar-refractivity contribution < 1.29 is 0 Å². The summed E-state index contributed by atoms with van der Waals surface area (Å²) in [6.45, 7) is 8.21. The van der Waals surface area contributed by atoms with Crippen LogP contribution in [0.25, 0.3) is 0 Å². The first-order chi connectivity index (χ1) is 7.69. The SMILES string of the molecule is CCNC(C)c1nnnn1CCC(C)SC. The minimum atomic E-state index is 0.213. The predicted octanol–water partition coefficient (Wildman–Crippen LogP) is 1.49. The van der Waals surface area contributed by atoms with Crippen LogP contribution in [0.3, 0.4) is 0 Å². The van der Waals surface area contributed by atoms with Crippen molar-refractivity contribution in [3.8, 4) is 0 Å². The topological polar surface area (TPSA) is 55.6 Å². The lowest BCUT2D eigenvalue weighted by molar-refractivity contribution is 0.483. The molecular formula is C10H21N5S. The Balaban J connectivity index is 2.56. The van der Waals surface area contributed by atoms with Crippen LogP contribution in [-0.2, 0) is 6.54 Å². The highest BCUT2D eigenvalue weighted by Crippen LogP contribution is 2.13. The van der Waals surface area contributed by atoms with Gasteiger partial charge in [0.05, 0.1) is 6.04 Å². The zero-order chi connectivity index (χ0) is 12.0. The van der Waals surface area contributed by atoms with Crippen LogP contribution in [0.5, 0.6) is 0 Å². The highest BCUT2D eigenvalue weighted by molar-refractivity contribution is 7.99.